The van der Waals surface area contributed by atoms with Gasteiger partial charge in [0.1, 0.15) is 6.67 Å². The summed E-state index contributed by atoms with van der Waals surface area (Å²) in [5, 5.41) is 0. The third-order valence-corrected chi connectivity index (χ3v) is 7.47. The smallest absolute Gasteiger partial charge is 0.286 e. The van der Waals surface area contributed by atoms with Gasteiger partial charge in [-0.15, -0.1) is 0 Å². The molecular weight excluding hydrogens is 465 g/mol. The van der Waals surface area contributed by atoms with E-state index < -0.39 is 42.4 Å². The number of anilines is 1. The maximum absolute atomic E-state index is 13.4. The first-order valence-electron chi connectivity index (χ1n) is 9.78. The zero-order valence-corrected chi connectivity index (χ0v) is 17.5. The summed E-state index contributed by atoms with van der Waals surface area (Å²) < 4.78 is 40.7. The molecule has 6 unspecified atom stereocenters. The minimum absolute atomic E-state index is 0.0138. The summed E-state index contributed by atoms with van der Waals surface area (Å²) in [7, 11) is 0. The van der Waals surface area contributed by atoms with Crippen LogP contribution in [-0.2, 0) is 14.4 Å². The Morgan fingerprint density at radius 3 is 2.20 bits per heavy atom. The highest BCUT2D eigenvalue weighted by molar-refractivity contribution is 9.10. The van der Waals surface area contributed by atoms with E-state index in [1.165, 1.54) is 12.1 Å². The summed E-state index contributed by atoms with van der Waals surface area (Å²) in [5.74, 6) is -3.38. The number of imide groups is 1. The summed E-state index contributed by atoms with van der Waals surface area (Å²) >= 11 is 3.25. The maximum atomic E-state index is 13.4. The van der Waals surface area contributed by atoms with E-state index in [2.05, 4.69) is 15.9 Å². The Morgan fingerprint density at radius 1 is 1.13 bits per heavy atom. The van der Waals surface area contributed by atoms with Gasteiger partial charge in [-0.05, 0) is 60.8 Å². The minimum Gasteiger partial charge on any atom is -0.286 e. The van der Waals surface area contributed by atoms with Gasteiger partial charge < -0.3 is 0 Å². The van der Waals surface area contributed by atoms with Crippen LogP contribution < -0.4 is 4.90 Å². The van der Waals surface area contributed by atoms with Crippen LogP contribution in [0.2, 0.25) is 0 Å². The molecule has 1 heterocycles. The lowest BCUT2D eigenvalue weighted by atomic mass is 9.63. The van der Waals surface area contributed by atoms with Crippen molar-refractivity contribution in [2.24, 2.45) is 35.5 Å². The standard InChI is InChI=1S/C21H18BrF3N2O3/c1-9-6-10(22)2-5-15(9)26(20(30)21(23,24)25)8-27-18(28)16-11-3-4-12(14-7-13(11)14)17(16)19(27)29/h2-6,11-14,16-17H,7-8H2,1H3. The van der Waals surface area contributed by atoms with Crippen molar-refractivity contribution in [1.29, 1.82) is 0 Å². The summed E-state index contributed by atoms with van der Waals surface area (Å²) in [6, 6.07) is 4.47. The van der Waals surface area contributed by atoms with Crippen molar-refractivity contribution < 1.29 is 27.6 Å². The molecule has 3 fully saturated rings. The molecular formula is C21H18BrF3N2O3. The number of amides is 3. The zero-order valence-electron chi connectivity index (χ0n) is 15.9. The van der Waals surface area contributed by atoms with E-state index >= 15 is 0 Å². The molecule has 6 rings (SSSR count). The molecule has 0 spiro atoms. The molecule has 2 saturated carbocycles. The molecule has 0 aromatic heterocycles. The average Bonchev–Trinajstić information content (AvgIpc) is 3.45. The van der Waals surface area contributed by atoms with Gasteiger partial charge in [0, 0.05) is 10.2 Å². The molecule has 1 saturated heterocycles. The van der Waals surface area contributed by atoms with Crippen molar-refractivity contribution in [2.75, 3.05) is 11.6 Å². The molecule has 4 aliphatic carbocycles. The second-order valence-corrected chi connectivity index (χ2v) is 9.48. The quantitative estimate of drug-likeness (QED) is 0.487. The van der Waals surface area contributed by atoms with Crippen molar-refractivity contribution in [3.8, 4) is 0 Å². The Kier molecular flexibility index (Phi) is 4.23. The third kappa shape index (κ3) is 2.77. The van der Waals surface area contributed by atoms with Crippen molar-refractivity contribution in [2.45, 2.75) is 19.5 Å². The molecule has 5 nitrogen and oxygen atoms in total. The molecule has 1 aromatic carbocycles. The van der Waals surface area contributed by atoms with Crippen LogP contribution in [0.4, 0.5) is 18.9 Å². The molecule has 3 amide bonds. The van der Waals surface area contributed by atoms with Crippen molar-refractivity contribution in [3.05, 3.63) is 40.4 Å². The van der Waals surface area contributed by atoms with Gasteiger partial charge in [0.05, 0.1) is 11.8 Å². The summed E-state index contributed by atoms with van der Waals surface area (Å²) in [6.45, 7) is 0.835. The number of halogens is 4. The van der Waals surface area contributed by atoms with Crippen LogP contribution in [0.1, 0.15) is 12.0 Å². The zero-order chi connectivity index (χ0) is 21.5. The first-order valence-corrected chi connectivity index (χ1v) is 10.6. The predicted octanol–water partition coefficient (Wildman–Crippen LogP) is 3.66. The monoisotopic (exact) mass is 482 g/mol. The predicted molar refractivity (Wildman–Crippen MR) is 104 cm³/mol. The fraction of sp³-hybridized carbons (Fsp3) is 0.476. The van der Waals surface area contributed by atoms with Gasteiger partial charge >= 0.3 is 12.1 Å². The minimum atomic E-state index is -5.14. The molecule has 158 valence electrons. The van der Waals surface area contributed by atoms with E-state index in [-0.39, 0.29) is 17.5 Å². The van der Waals surface area contributed by atoms with Crippen LogP contribution in [0.5, 0.6) is 0 Å². The van der Waals surface area contributed by atoms with Gasteiger partial charge in [-0.2, -0.15) is 13.2 Å². The Bertz CT molecular complexity index is 972. The Balaban J connectivity index is 1.49. The van der Waals surface area contributed by atoms with Crippen LogP contribution in [-0.4, -0.2) is 35.5 Å². The van der Waals surface area contributed by atoms with E-state index in [0.717, 1.165) is 11.3 Å². The van der Waals surface area contributed by atoms with Crippen LogP contribution in [0, 0.1) is 42.4 Å². The van der Waals surface area contributed by atoms with Gasteiger partial charge in [-0.25, -0.2) is 0 Å². The fourth-order valence-electron chi connectivity index (χ4n) is 5.62. The number of likely N-dealkylation sites (tertiary alicyclic amines) is 1. The topological polar surface area (TPSA) is 57.7 Å². The number of rotatable bonds is 3. The third-order valence-electron chi connectivity index (χ3n) is 6.97. The van der Waals surface area contributed by atoms with Gasteiger partial charge in [-0.1, -0.05) is 28.1 Å². The number of alkyl halides is 3. The molecule has 1 aromatic rings. The van der Waals surface area contributed by atoms with E-state index in [9.17, 15) is 27.6 Å². The molecule has 30 heavy (non-hydrogen) atoms. The highest BCUT2D eigenvalue weighted by Crippen LogP contribution is 2.65. The number of nitrogens with zero attached hydrogens (tertiary/aromatic N) is 2. The Hall–Kier alpha value is -2.16. The Morgan fingerprint density at radius 2 is 1.70 bits per heavy atom. The van der Waals surface area contributed by atoms with Crippen LogP contribution in [0.3, 0.4) is 0 Å². The van der Waals surface area contributed by atoms with E-state index in [0.29, 0.717) is 26.8 Å². The molecule has 0 N–H and O–H groups in total. The Labute approximate surface area is 179 Å². The molecule has 5 aliphatic rings. The highest BCUT2D eigenvalue weighted by atomic mass is 79.9. The van der Waals surface area contributed by atoms with Gasteiger partial charge in [0.15, 0.2) is 0 Å². The van der Waals surface area contributed by atoms with Crippen LogP contribution >= 0.6 is 15.9 Å². The highest BCUT2D eigenvalue weighted by Gasteiger charge is 2.67. The number of benzene rings is 1. The molecule has 0 radical (unpaired) electrons. The van der Waals surface area contributed by atoms with Gasteiger partial charge in [0.25, 0.3) is 0 Å². The molecule has 9 heteroatoms. The van der Waals surface area contributed by atoms with Crippen molar-refractivity contribution in [3.63, 3.8) is 0 Å². The van der Waals surface area contributed by atoms with Crippen LogP contribution in [0.15, 0.2) is 34.8 Å². The lowest BCUT2D eigenvalue weighted by molar-refractivity contribution is -0.171. The number of allylic oxidation sites excluding steroid dienone is 2. The molecule has 2 bridgehead atoms. The lowest BCUT2D eigenvalue weighted by Crippen LogP contribution is -2.49. The van der Waals surface area contributed by atoms with Crippen molar-refractivity contribution >= 4 is 39.3 Å². The average molecular weight is 483 g/mol. The largest absolute Gasteiger partial charge is 0.471 e. The van der Waals surface area contributed by atoms with E-state index in [4.69, 9.17) is 0 Å². The first kappa shape index (κ1) is 19.8. The van der Waals surface area contributed by atoms with Gasteiger partial charge in [-0.3, -0.25) is 24.2 Å². The maximum Gasteiger partial charge on any atom is 0.471 e. The van der Waals surface area contributed by atoms with Gasteiger partial charge in [0.2, 0.25) is 11.8 Å². The summed E-state index contributed by atoms with van der Waals surface area (Å²) in [5.41, 5.74) is 0.432. The number of aryl methyl sites for hydroxylation is 1. The normalized spacial score (nSPS) is 33.6. The first-order chi connectivity index (χ1) is 14.1. The summed E-state index contributed by atoms with van der Waals surface area (Å²) in [6.07, 6.45) is -0.161. The number of carbonyl (C=O) groups is 3. The number of hydrogen-bond donors (Lipinski definition) is 0. The number of carbonyl (C=O) groups excluding carboxylic acids is 3. The number of hydrogen-bond acceptors (Lipinski definition) is 3. The van der Waals surface area contributed by atoms with Crippen molar-refractivity contribution in [1.82, 2.24) is 4.90 Å². The fourth-order valence-corrected chi connectivity index (χ4v) is 6.10. The van der Waals surface area contributed by atoms with Crippen LogP contribution in [0.25, 0.3) is 0 Å². The van der Waals surface area contributed by atoms with E-state index in [1.807, 2.05) is 12.2 Å². The SMILES string of the molecule is Cc1cc(Br)ccc1N(CN1C(=O)C2C3C=CC(C4CC34)C2C1=O)C(=O)C(F)(F)F. The second kappa shape index (κ2) is 6.42. The molecule has 6 atom stereocenters. The lowest BCUT2D eigenvalue weighted by Gasteiger charge is -2.37. The van der Waals surface area contributed by atoms with E-state index in [1.54, 1.807) is 13.0 Å². The second-order valence-electron chi connectivity index (χ2n) is 8.56. The summed E-state index contributed by atoms with van der Waals surface area (Å²) in [4.78, 5) is 39.8. The molecule has 1 aliphatic heterocycles.